The molecule has 0 bridgehead atoms. The second kappa shape index (κ2) is 5.52. The Morgan fingerprint density at radius 3 is 2.06 bits per heavy atom. The topological polar surface area (TPSA) is 0 Å². The lowest BCUT2D eigenvalue weighted by molar-refractivity contribution is 0.745. The first-order valence-corrected chi connectivity index (χ1v) is 12.3. The van der Waals surface area contributed by atoms with Gasteiger partial charge in [0.15, 0.2) is 0 Å². The number of halogens is 1. The lowest BCUT2D eigenvalue weighted by Gasteiger charge is -2.29. The number of benzene rings is 1. The Labute approximate surface area is 120 Å². The number of hydrogen-bond acceptors (Lipinski definition) is 0. The van der Waals surface area contributed by atoms with Crippen LogP contribution < -0.4 is 10.4 Å². The van der Waals surface area contributed by atoms with E-state index in [-0.39, 0.29) is 0 Å². The standard InChI is InChI=1S/C15H26ClSi2/c1-12-8-13(17(11-16)15(2,3)4)10-14(9-12)18(5,6)7/h8-10H,11H2,1-7H3. The molecule has 0 unspecified atom stereocenters. The third-order valence-corrected chi connectivity index (χ3v) is 9.22. The monoisotopic (exact) mass is 297 g/mol. The molecule has 0 N–H and O–H groups in total. The maximum absolute atomic E-state index is 6.26. The molecule has 0 saturated carbocycles. The molecule has 3 heteroatoms. The molecule has 1 aromatic carbocycles. The summed E-state index contributed by atoms with van der Waals surface area (Å²) < 4.78 is 0. The molecular formula is C15H26ClSi2. The van der Waals surface area contributed by atoms with Crippen molar-refractivity contribution < 1.29 is 0 Å². The van der Waals surface area contributed by atoms with Crippen molar-refractivity contribution in [2.45, 2.75) is 52.4 Å². The molecular weight excluding hydrogens is 272 g/mol. The molecule has 1 radical (unpaired) electrons. The summed E-state index contributed by atoms with van der Waals surface area (Å²) in [4.78, 5) is 0. The second-order valence-electron chi connectivity index (χ2n) is 7.20. The fourth-order valence-electron chi connectivity index (χ4n) is 2.10. The largest absolute Gasteiger partial charge is 0.130 e. The van der Waals surface area contributed by atoms with E-state index in [0.29, 0.717) is 5.04 Å². The molecule has 1 aromatic rings. The minimum atomic E-state index is -1.24. The maximum atomic E-state index is 6.26. The van der Waals surface area contributed by atoms with Gasteiger partial charge in [0, 0.05) is 5.50 Å². The van der Waals surface area contributed by atoms with Crippen LogP contribution in [0, 0.1) is 6.92 Å². The van der Waals surface area contributed by atoms with Crippen LogP contribution in [0.4, 0.5) is 0 Å². The summed E-state index contributed by atoms with van der Waals surface area (Å²) in [5, 5.41) is 3.39. The Morgan fingerprint density at radius 2 is 1.67 bits per heavy atom. The molecule has 0 aliphatic heterocycles. The molecule has 0 aliphatic carbocycles. The van der Waals surface area contributed by atoms with Crippen LogP contribution >= 0.6 is 11.6 Å². The highest BCUT2D eigenvalue weighted by Gasteiger charge is 2.29. The van der Waals surface area contributed by atoms with E-state index in [0.717, 1.165) is 5.50 Å². The Kier molecular flexibility index (Phi) is 4.90. The predicted molar refractivity (Wildman–Crippen MR) is 90.0 cm³/mol. The summed E-state index contributed by atoms with van der Waals surface area (Å²) in [5.41, 5.74) is 2.18. The van der Waals surface area contributed by atoms with Gasteiger partial charge in [0.25, 0.3) is 0 Å². The van der Waals surface area contributed by atoms with Gasteiger partial charge in [0.1, 0.15) is 8.80 Å². The summed E-state index contributed by atoms with van der Waals surface area (Å²) in [6.07, 6.45) is 0. The average molecular weight is 298 g/mol. The van der Waals surface area contributed by atoms with Crippen molar-refractivity contribution in [2.24, 2.45) is 0 Å². The smallest absolute Gasteiger partial charge is 0.108 e. The van der Waals surface area contributed by atoms with Crippen LogP contribution in [0.25, 0.3) is 0 Å². The summed E-state index contributed by atoms with van der Waals surface area (Å²) in [7, 11) is -1.93. The van der Waals surface area contributed by atoms with Crippen LogP contribution in [0.15, 0.2) is 18.2 Å². The van der Waals surface area contributed by atoms with Crippen molar-refractivity contribution in [1.29, 1.82) is 0 Å². The van der Waals surface area contributed by atoms with Gasteiger partial charge in [-0.1, -0.05) is 74.5 Å². The van der Waals surface area contributed by atoms with E-state index in [2.05, 4.69) is 65.5 Å². The zero-order valence-corrected chi connectivity index (χ0v) is 15.6. The first kappa shape index (κ1) is 16.0. The summed E-state index contributed by atoms with van der Waals surface area (Å²) in [6, 6.07) is 7.17. The van der Waals surface area contributed by atoms with Crippen molar-refractivity contribution in [3.63, 3.8) is 0 Å². The quantitative estimate of drug-likeness (QED) is 0.588. The molecule has 0 spiro atoms. The van der Waals surface area contributed by atoms with Crippen molar-refractivity contribution in [3.8, 4) is 0 Å². The molecule has 0 aliphatic rings. The molecule has 18 heavy (non-hydrogen) atoms. The molecule has 0 aromatic heterocycles. The molecule has 101 valence electrons. The molecule has 0 nitrogen and oxygen atoms in total. The van der Waals surface area contributed by atoms with Gasteiger partial charge in [-0.2, -0.15) is 0 Å². The Morgan fingerprint density at radius 1 is 1.11 bits per heavy atom. The predicted octanol–water partition coefficient (Wildman–Crippen LogP) is 3.82. The minimum Gasteiger partial charge on any atom is -0.130 e. The van der Waals surface area contributed by atoms with E-state index in [1.807, 2.05) is 0 Å². The van der Waals surface area contributed by atoms with Gasteiger partial charge < -0.3 is 0 Å². The minimum absolute atomic E-state index is 0.316. The van der Waals surface area contributed by atoms with Crippen molar-refractivity contribution >= 4 is 38.8 Å². The first-order chi connectivity index (χ1) is 8.05. The fourth-order valence-corrected chi connectivity index (χ4v) is 7.31. The van der Waals surface area contributed by atoms with Crippen molar-refractivity contribution in [3.05, 3.63) is 23.8 Å². The van der Waals surface area contributed by atoms with E-state index in [9.17, 15) is 0 Å². The van der Waals surface area contributed by atoms with Gasteiger partial charge in [-0.25, -0.2) is 0 Å². The summed E-state index contributed by atoms with van der Waals surface area (Å²) >= 11 is 6.26. The lowest BCUT2D eigenvalue weighted by Crippen LogP contribution is -2.46. The van der Waals surface area contributed by atoms with Gasteiger partial charge in [-0.15, -0.1) is 11.6 Å². The van der Waals surface area contributed by atoms with Gasteiger partial charge in [0.05, 0.1) is 8.07 Å². The number of rotatable bonds is 3. The van der Waals surface area contributed by atoms with Crippen molar-refractivity contribution in [1.82, 2.24) is 0 Å². The third kappa shape index (κ3) is 3.97. The summed E-state index contributed by atoms with van der Waals surface area (Å²) in [5.74, 6) is 0. The lowest BCUT2D eigenvalue weighted by atomic mass is 10.2. The first-order valence-electron chi connectivity index (χ1n) is 6.60. The highest BCUT2D eigenvalue weighted by Crippen LogP contribution is 2.27. The Hall–Kier alpha value is -0.0562. The van der Waals surface area contributed by atoms with E-state index in [1.165, 1.54) is 10.8 Å². The number of alkyl halides is 1. The van der Waals surface area contributed by atoms with Gasteiger partial charge in [-0.05, 0) is 12.0 Å². The van der Waals surface area contributed by atoms with E-state index < -0.39 is 16.9 Å². The Balaban J connectivity index is 3.29. The molecule has 0 heterocycles. The number of aryl methyl sites for hydroxylation is 1. The van der Waals surface area contributed by atoms with Crippen LogP contribution in [0.5, 0.6) is 0 Å². The molecule has 0 atom stereocenters. The van der Waals surface area contributed by atoms with Crippen LogP contribution in [-0.2, 0) is 0 Å². The molecule has 0 saturated heterocycles. The van der Waals surface area contributed by atoms with E-state index in [1.54, 1.807) is 5.19 Å². The molecule has 0 amide bonds. The molecule has 1 rings (SSSR count). The second-order valence-corrected chi connectivity index (χ2v) is 16.4. The highest BCUT2D eigenvalue weighted by molar-refractivity contribution is 6.89. The Bertz CT molecular complexity index is 413. The SMILES string of the molecule is Cc1cc([Si](CCl)C(C)(C)C)cc([Si](C)(C)C)c1. The maximum Gasteiger partial charge on any atom is 0.108 e. The van der Waals surface area contributed by atoms with E-state index in [4.69, 9.17) is 11.6 Å². The summed E-state index contributed by atoms with van der Waals surface area (Å²) in [6.45, 7) is 16.4. The van der Waals surface area contributed by atoms with Gasteiger partial charge >= 0.3 is 0 Å². The van der Waals surface area contributed by atoms with Crippen LogP contribution in [0.2, 0.25) is 24.7 Å². The van der Waals surface area contributed by atoms with Crippen molar-refractivity contribution in [2.75, 3.05) is 5.50 Å². The van der Waals surface area contributed by atoms with Crippen LogP contribution in [-0.4, -0.2) is 22.4 Å². The number of hydrogen-bond donors (Lipinski definition) is 0. The van der Waals surface area contributed by atoms with E-state index >= 15 is 0 Å². The van der Waals surface area contributed by atoms with Crippen LogP contribution in [0.1, 0.15) is 26.3 Å². The third-order valence-electron chi connectivity index (χ3n) is 3.33. The van der Waals surface area contributed by atoms with Gasteiger partial charge in [0.2, 0.25) is 0 Å². The zero-order valence-electron chi connectivity index (χ0n) is 12.8. The fraction of sp³-hybridized carbons (Fsp3) is 0.600. The van der Waals surface area contributed by atoms with Crippen LogP contribution in [0.3, 0.4) is 0 Å². The zero-order chi connectivity index (χ0) is 14.1. The van der Waals surface area contributed by atoms with Gasteiger partial charge in [-0.3, -0.25) is 0 Å². The highest BCUT2D eigenvalue weighted by atomic mass is 35.5. The molecule has 0 fully saturated rings. The average Bonchev–Trinajstić information content (AvgIpc) is 2.13. The normalized spacial score (nSPS) is 13.2.